The molecule has 9 atom stereocenters. The van der Waals surface area contributed by atoms with Crippen molar-refractivity contribution in [2.75, 3.05) is 0 Å². The Morgan fingerprint density at radius 3 is 2.41 bits per heavy atom. The van der Waals surface area contributed by atoms with Gasteiger partial charge in [-0.15, -0.1) is 4.91 Å². The van der Waals surface area contributed by atoms with Gasteiger partial charge >= 0.3 is 5.91 Å². The van der Waals surface area contributed by atoms with E-state index in [9.17, 15) is 24.4 Å². The van der Waals surface area contributed by atoms with Crippen molar-refractivity contribution in [2.24, 2.45) is 51.5 Å². The number of fused-ring (bicyclic) bond motifs is 5. The number of ketones is 2. The third kappa shape index (κ3) is 5.88. The quantitative estimate of drug-likeness (QED) is 0.326. The summed E-state index contributed by atoms with van der Waals surface area (Å²) in [7, 11) is 0. The van der Waals surface area contributed by atoms with E-state index in [0.717, 1.165) is 25.7 Å². The summed E-state index contributed by atoms with van der Waals surface area (Å²) in [6, 6.07) is 2.89. The summed E-state index contributed by atoms with van der Waals surface area (Å²) >= 11 is 0. The first kappa shape index (κ1) is 32.2. The summed E-state index contributed by atoms with van der Waals surface area (Å²) in [4.78, 5) is 44.4. The van der Waals surface area contributed by atoms with Crippen LogP contribution in [0.25, 0.3) is 0 Å². The fourth-order valence-corrected chi connectivity index (χ4v) is 8.81. The van der Waals surface area contributed by atoms with Crippen molar-refractivity contribution < 1.29 is 29.0 Å². The van der Waals surface area contributed by atoms with Crippen molar-refractivity contribution in [3.05, 3.63) is 52.9 Å². The minimum absolute atomic E-state index is 0.0231. The zero-order valence-electron chi connectivity index (χ0n) is 24.9. The number of carbonyl (C=O) groups excluding carboxylic acids is 3. The molecule has 4 aliphatic carbocycles. The van der Waals surface area contributed by atoms with E-state index in [-0.39, 0.29) is 40.0 Å². The van der Waals surface area contributed by atoms with Crippen molar-refractivity contribution >= 4 is 17.5 Å². The molecule has 3 fully saturated rings. The number of aliphatic hydroxyl groups excluding tert-OH is 2. The standard InChI is InChI=1S/C24H34O3.C5H3NO3.C4H6O/c1-6-24-18-8-7-16(26)11-17(18)13(2)9-20(24)19-10-14(3)22(15(4)25)23(19,5)12-21(24)27;7-5(6-8)4-2-1-3-9-4;1-2-3-4-5/h7-8,11,13-14,18-22,27H,6,9-10,12H2,1-5H3;1-3H;5H,2H2,1H3/t13-,14+,18?,19?,20?,21?,22?,23?,24+;;/m0../s1. The predicted octanol–water partition coefficient (Wildman–Crippen LogP) is 6.27. The molecule has 1 aromatic rings. The summed E-state index contributed by atoms with van der Waals surface area (Å²) in [6.07, 6.45) is 12.7. The number of rotatable bonds is 3. The fourth-order valence-electron chi connectivity index (χ4n) is 8.81. The van der Waals surface area contributed by atoms with E-state index in [1.807, 2.05) is 13.0 Å². The van der Waals surface area contributed by atoms with Gasteiger partial charge < -0.3 is 14.6 Å². The first-order valence-corrected chi connectivity index (χ1v) is 14.6. The molecule has 0 radical (unpaired) electrons. The Morgan fingerprint density at radius 2 is 1.90 bits per heavy atom. The van der Waals surface area contributed by atoms with Crippen molar-refractivity contribution in [3.63, 3.8) is 0 Å². The molecule has 4 aliphatic rings. The lowest BCUT2D eigenvalue weighted by Crippen LogP contribution is -2.61. The van der Waals surface area contributed by atoms with E-state index >= 15 is 0 Å². The van der Waals surface area contributed by atoms with Crippen LogP contribution < -0.4 is 0 Å². The Morgan fingerprint density at radius 1 is 1.20 bits per heavy atom. The monoisotopic (exact) mass is 565 g/mol. The first-order valence-electron chi connectivity index (χ1n) is 14.6. The molecule has 1 amide bonds. The lowest BCUT2D eigenvalue weighted by molar-refractivity contribution is -0.171. The summed E-state index contributed by atoms with van der Waals surface area (Å²) in [5.41, 5.74) is 0.909. The molecule has 0 aliphatic heterocycles. The van der Waals surface area contributed by atoms with E-state index < -0.39 is 12.0 Å². The SMILES string of the molecule is CCC#CO.CC[C@]12C(O)CC3(C)C(C[C@@H](C)C3C(C)=O)C1C[C@H](C)C1=CC(=O)C=CC12.O=NC(=O)c1ccco1. The molecule has 222 valence electrons. The lowest BCUT2D eigenvalue weighted by Gasteiger charge is -2.63. The van der Waals surface area contributed by atoms with Gasteiger partial charge in [-0.3, -0.25) is 14.4 Å². The normalized spacial score (nSPS) is 36.3. The zero-order chi connectivity index (χ0) is 30.5. The molecule has 3 saturated carbocycles. The molecular formula is C33H43NO7. The van der Waals surface area contributed by atoms with Gasteiger partial charge in [0.15, 0.2) is 11.5 Å². The van der Waals surface area contributed by atoms with E-state index in [1.165, 1.54) is 24.0 Å². The minimum atomic E-state index is -0.875. The van der Waals surface area contributed by atoms with Crippen LogP contribution in [0.1, 0.15) is 84.2 Å². The number of nitrogens with zero attached hydrogens (tertiary/aromatic N) is 1. The number of Topliss-reactive ketones (excluding diaryl/α,β-unsaturated/α-hetero) is 1. The molecule has 0 saturated heterocycles. The number of aliphatic hydroxyl groups is 2. The highest BCUT2D eigenvalue weighted by atomic mass is 16.3. The van der Waals surface area contributed by atoms with Gasteiger partial charge in [0.1, 0.15) is 11.9 Å². The molecule has 8 nitrogen and oxygen atoms in total. The van der Waals surface area contributed by atoms with Crippen LogP contribution in [0, 0.1) is 63.3 Å². The number of furan rings is 1. The molecule has 5 rings (SSSR count). The summed E-state index contributed by atoms with van der Waals surface area (Å²) in [5.74, 6) is 3.71. The van der Waals surface area contributed by atoms with Gasteiger partial charge in [0.25, 0.3) is 0 Å². The van der Waals surface area contributed by atoms with Crippen LogP contribution in [0.3, 0.4) is 0 Å². The Bertz CT molecular complexity index is 1250. The van der Waals surface area contributed by atoms with Crippen LogP contribution in [0.4, 0.5) is 0 Å². The van der Waals surface area contributed by atoms with Crippen molar-refractivity contribution in [1.82, 2.24) is 0 Å². The second-order valence-corrected chi connectivity index (χ2v) is 12.2. The molecule has 0 spiro atoms. The number of amides is 1. The Hall–Kier alpha value is -3.31. The van der Waals surface area contributed by atoms with E-state index in [0.29, 0.717) is 30.1 Å². The summed E-state index contributed by atoms with van der Waals surface area (Å²) < 4.78 is 4.54. The zero-order valence-corrected chi connectivity index (χ0v) is 24.9. The van der Waals surface area contributed by atoms with Gasteiger partial charge in [-0.2, -0.15) is 0 Å². The maximum absolute atomic E-state index is 12.5. The second-order valence-electron chi connectivity index (χ2n) is 12.2. The lowest BCUT2D eigenvalue weighted by atomic mass is 9.42. The third-order valence-corrected chi connectivity index (χ3v) is 10.2. The maximum Gasteiger partial charge on any atom is 0.351 e. The van der Waals surface area contributed by atoms with Crippen LogP contribution in [-0.2, 0) is 9.59 Å². The molecule has 41 heavy (non-hydrogen) atoms. The van der Waals surface area contributed by atoms with Gasteiger partial charge in [0, 0.05) is 28.8 Å². The molecule has 0 bridgehead atoms. The molecule has 8 heteroatoms. The van der Waals surface area contributed by atoms with Crippen LogP contribution in [0.15, 0.2) is 51.8 Å². The Balaban J connectivity index is 0.000000273. The number of nitroso groups, excluding NO2 is 1. The number of carbonyl (C=O) groups is 3. The largest absolute Gasteiger partial charge is 0.462 e. The van der Waals surface area contributed by atoms with Crippen molar-refractivity contribution in [3.8, 4) is 12.0 Å². The van der Waals surface area contributed by atoms with Crippen LogP contribution >= 0.6 is 0 Å². The first-order chi connectivity index (χ1) is 19.4. The van der Waals surface area contributed by atoms with Gasteiger partial charge in [0.05, 0.1) is 12.4 Å². The molecule has 1 aromatic heterocycles. The van der Waals surface area contributed by atoms with Gasteiger partial charge in [-0.1, -0.05) is 52.2 Å². The molecule has 0 aromatic carbocycles. The van der Waals surface area contributed by atoms with Crippen LogP contribution in [0.2, 0.25) is 0 Å². The van der Waals surface area contributed by atoms with Gasteiger partial charge in [0.2, 0.25) is 0 Å². The van der Waals surface area contributed by atoms with Crippen molar-refractivity contribution in [1.29, 1.82) is 0 Å². The number of allylic oxidation sites excluding steroid dienone is 4. The Labute approximate surface area is 242 Å². The van der Waals surface area contributed by atoms with E-state index in [2.05, 4.69) is 49.3 Å². The second kappa shape index (κ2) is 13.1. The minimum Gasteiger partial charge on any atom is -0.462 e. The average Bonchev–Trinajstić information content (AvgIpc) is 3.55. The highest BCUT2D eigenvalue weighted by Gasteiger charge is 2.67. The number of hydrogen-bond donors (Lipinski definition) is 2. The molecule has 2 N–H and O–H groups in total. The van der Waals surface area contributed by atoms with Gasteiger partial charge in [-0.05, 0) is 86.0 Å². The van der Waals surface area contributed by atoms with Gasteiger partial charge in [-0.25, -0.2) is 0 Å². The highest BCUT2D eigenvalue weighted by Crippen LogP contribution is 2.70. The Kier molecular flexibility index (Phi) is 10.3. The molecule has 1 heterocycles. The highest BCUT2D eigenvalue weighted by molar-refractivity contribution is 6.01. The average molecular weight is 566 g/mol. The topological polar surface area (TPSA) is 134 Å². The van der Waals surface area contributed by atoms with Crippen LogP contribution in [-0.4, -0.2) is 33.8 Å². The fraction of sp³-hybridized carbons (Fsp3) is 0.606. The van der Waals surface area contributed by atoms with E-state index in [4.69, 9.17) is 5.11 Å². The van der Waals surface area contributed by atoms with E-state index in [1.54, 1.807) is 19.1 Å². The summed E-state index contributed by atoms with van der Waals surface area (Å²) in [5, 5.41) is 21.4. The molecular weight excluding hydrogens is 522 g/mol. The summed E-state index contributed by atoms with van der Waals surface area (Å²) in [6.45, 7) is 12.6. The maximum atomic E-state index is 12.5. The predicted molar refractivity (Wildman–Crippen MR) is 155 cm³/mol. The molecule has 6 unspecified atom stereocenters. The van der Waals surface area contributed by atoms with Crippen molar-refractivity contribution in [2.45, 2.75) is 79.8 Å². The smallest absolute Gasteiger partial charge is 0.351 e. The number of hydrogen-bond acceptors (Lipinski definition) is 7. The van der Waals surface area contributed by atoms with Crippen LogP contribution in [0.5, 0.6) is 0 Å². The third-order valence-electron chi connectivity index (χ3n) is 10.2.